The molecular weight excluding hydrogens is 763 g/mol. The Morgan fingerprint density at radius 2 is 0.918 bits per heavy atom. The predicted molar refractivity (Wildman–Crippen MR) is 253 cm³/mol. The maximum Gasteiger partial charge on any atom is 0.164 e. The van der Waals surface area contributed by atoms with E-state index < -0.39 is 0 Å². The Balaban J connectivity index is 1.00. The topological polar surface area (TPSA) is 62.7 Å². The quantitative estimate of drug-likeness (QED) is 0.160. The Labute approximate surface area is 358 Å². The molecule has 2 aromatic heterocycles. The van der Waals surface area contributed by atoms with Gasteiger partial charge in [0.1, 0.15) is 6.17 Å². The highest BCUT2D eigenvalue weighted by atomic mass is 32.1. The summed E-state index contributed by atoms with van der Waals surface area (Å²) in [6.45, 7) is 0. The van der Waals surface area contributed by atoms with Crippen molar-refractivity contribution in [2.45, 2.75) is 12.2 Å². The maximum atomic E-state index is 5.05. The number of fused-ring (bicyclic) bond motifs is 3. The molecule has 61 heavy (non-hydrogen) atoms. The van der Waals surface area contributed by atoms with Gasteiger partial charge in [-0.25, -0.2) is 15.0 Å². The zero-order chi connectivity index (χ0) is 40.5. The smallest absolute Gasteiger partial charge is 0.164 e. The van der Waals surface area contributed by atoms with E-state index in [4.69, 9.17) is 15.0 Å². The average molecular weight is 802 g/mol. The number of rotatable bonds is 8. The summed E-state index contributed by atoms with van der Waals surface area (Å²) < 4.78 is 2.52. The largest absolute Gasteiger partial charge is 0.366 e. The van der Waals surface area contributed by atoms with Crippen LogP contribution in [0, 0.1) is 0 Å². The fourth-order valence-corrected chi connectivity index (χ4v) is 9.68. The molecule has 0 saturated heterocycles. The van der Waals surface area contributed by atoms with E-state index in [1.165, 1.54) is 53.6 Å². The van der Waals surface area contributed by atoms with Gasteiger partial charge >= 0.3 is 0 Å². The standard InChI is InChI=1S/C55H39N5S/c1-5-17-36(18-6-1)47-35-48(37-19-7-2-8-20-37)57-54(56-47)42-27-16-26-41(34-42)45-32-31-44(50-46-29-13-14-30-49(46)61-51(45)50)40-25-15-28-43(33-40)55-59-52(38-21-9-3-10-22-38)58-53(60-55)39-23-11-4-12-24-39/h1-35,47,54,56-57H. The van der Waals surface area contributed by atoms with Crippen LogP contribution in [0.5, 0.6) is 0 Å². The number of hydrogen-bond donors (Lipinski definition) is 2. The first kappa shape index (κ1) is 36.6. The minimum absolute atomic E-state index is 0.0445. The van der Waals surface area contributed by atoms with E-state index in [1.54, 1.807) is 0 Å². The molecule has 1 aliphatic heterocycles. The van der Waals surface area contributed by atoms with Crippen molar-refractivity contribution in [2.75, 3.05) is 0 Å². The molecule has 0 aliphatic carbocycles. The predicted octanol–water partition coefficient (Wildman–Crippen LogP) is 13.5. The molecule has 0 radical (unpaired) electrons. The van der Waals surface area contributed by atoms with Crippen LogP contribution in [0.2, 0.25) is 0 Å². The van der Waals surface area contributed by atoms with Crippen molar-refractivity contribution in [1.82, 2.24) is 25.6 Å². The van der Waals surface area contributed by atoms with Crippen LogP contribution in [0.25, 0.3) is 82.3 Å². The summed E-state index contributed by atoms with van der Waals surface area (Å²) in [5, 5.41) is 10.2. The lowest BCUT2D eigenvalue weighted by Gasteiger charge is -2.33. The summed E-state index contributed by atoms with van der Waals surface area (Å²) in [7, 11) is 0. The minimum Gasteiger partial charge on any atom is -0.366 e. The summed E-state index contributed by atoms with van der Waals surface area (Å²) in [6.07, 6.45) is 2.19. The third-order valence-electron chi connectivity index (χ3n) is 11.4. The lowest BCUT2D eigenvalue weighted by molar-refractivity contribution is 0.443. The number of thiophene rings is 1. The SMILES string of the molecule is C1=C(c2ccccc2)NC(c2cccc(-c3ccc(-c4cccc(-c5nc(-c6ccccc6)nc(-c6ccccc6)n5)c4)c4c3sc3ccccc34)c2)NC1c1ccccc1. The van der Waals surface area contributed by atoms with Gasteiger partial charge in [0.15, 0.2) is 17.5 Å². The molecule has 10 aromatic rings. The van der Waals surface area contributed by atoms with Crippen LogP contribution in [-0.2, 0) is 0 Å². The minimum atomic E-state index is -0.106. The first-order valence-electron chi connectivity index (χ1n) is 20.6. The van der Waals surface area contributed by atoms with Gasteiger partial charge in [0, 0.05) is 42.6 Å². The first-order chi connectivity index (χ1) is 30.2. The summed E-state index contributed by atoms with van der Waals surface area (Å²) in [4.78, 5) is 15.0. The maximum absolute atomic E-state index is 5.05. The monoisotopic (exact) mass is 801 g/mol. The van der Waals surface area contributed by atoms with E-state index >= 15 is 0 Å². The molecule has 2 unspecified atom stereocenters. The van der Waals surface area contributed by atoms with E-state index in [2.05, 4.69) is 162 Å². The van der Waals surface area contributed by atoms with Crippen molar-refractivity contribution in [3.8, 4) is 56.4 Å². The highest BCUT2D eigenvalue weighted by Crippen LogP contribution is 2.45. The Kier molecular flexibility index (Phi) is 9.54. The van der Waals surface area contributed by atoms with Gasteiger partial charge < -0.3 is 5.32 Å². The fraction of sp³-hybridized carbons (Fsp3) is 0.0364. The molecule has 0 bridgehead atoms. The van der Waals surface area contributed by atoms with E-state index in [9.17, 15) is 0 Å². The Bertz CT molecular complexity index is 3140. The van der Waals surface area contributed by atoms with Crippen molar-refractivity contribution in [3.05, 3.63) is 229 Å². The van der Waals surface area contributed by atoms with Crippen LogP contribution >= 0.6 is 11.3 Å². The van der Waals surface area contributed by atoms with Gasteiger partial charge in [-0.15, -0.1) is 11.3 Å². The Hall–Kier alpha value is -7.51. The molecule has 0 fully saturated rings. The van der Waals surface area contributed by atoms with E-state index in [0.717, 1.165) is 28.0 Å². The van der Waals surface area contributed by atoms with E-state index in [1.807, 2.05) is 72.0 Å². The zero-order valence-corrected chi connectivity index (χ0v) is 33.9. The highest BCUT2D eigenvalue weighted by molar-refractivity contribution is 7.26. The van der Waals surface area contributed by atoms with Gasteiger partial charge in [-0.3, -0.25) is 5.32 Å². The molecule has 290 valence electrons. The van der Waals surface area contributed by atoms with Crippen LogP contribution in [0.4, 0.5) is 0 Å². The fourth-order valence-electron chi connectivity index (χ4n) is 8.41. The summed E-state index contributed by atoms with van der Waals surface area (Å²) >= 11 is 1.86. The van der Waals surface area contributed by atoms with Crippen molar-refractivity contribution in [1.29, 1.82) is 0 Å². The third-order valence-corrected chi connectivity index (χ3v) is 12.6. The van der Waals surface area contributed by atoms with Gasteiger partial charge in [0.05, 0.1) is 6.04 Å². The number of hydrogen-bond acceptors (Lipinski definition) is 6. The Morgan fingerprint density at radius 3 is 1.61 bits per heavy atom. The van der Waals surface area contributed by atoms with Crippen LogP contribution in [0.3, 0.4) is 0 Å². The molecule has 6 heteroatoms. The second-order valence-corrected chi connectivity index (χ2v) is 16.3. The molecule has 11 rings (SSSR count). The number of nitrogens with one attached hydrogen (secondary N) is 2. The van der Waals surface area contributed by atoms with Crippen molar-refractivity contribution >= 4 is 37.2 Å². The van der Waals surface area contributed by atoms with Gasteiger partial charge in [0.2, 0.25) is 0 Å². The van der Waals surface area contributed by atoms with Crippen LogP contribution in [0.15, 0.2) is 212 Å². The molecule has 3 heterocycles. The number of benzene rings is 8. The molecular formula is C55H39N5S. The summed E-state index contributed by atoms with van der Waals surface area (Å²) in [5.74, 6) is 1.93. The lowest BCUT2D eigenvalue weighted by Crippen LogP contribution is -2.39. The van der Waals surface area contributed by atoms with Crippen LogP contribution in [0.1, 0.15) is 28.9 Å². The zero-order valence-electron chi connectivity index (χ0n) is 33.1. The molecule has 8 aromatic carbocycles. The normalized spacial score (nSPS) is 15.0. The molecule has 0 saturated carbocycles. The van der Waals surface area contributed by atoms with Gasteiger partial charge in [-0.2, -0.15) is 0 Å². The molecule has 0 spiro atoms. The molecule has 2 atom stereocenters. The van der Waals surface area contributed by atoms with Crippen LogP contribution in [-0.4, -0.2) is 15.0 Å². The summed E-state index contributed by atoms with van der Waals surface area (Å²) in [5.41, 5.74) is 12.2. The van der Waals surface area contributed by atoms with Gasteiger partial charge in [0.25, 0.3) is 0 Å². The van der Waals surface area contributed by atoms with E-state index in [-0.39, 0.29) is 12.2 Å². The highest BCUT2D eigenvalue weighted by Gasteiger charge is 2.25. The third kappa shape index (κ3) is 7.18. The molecule has 2 N–H and O–H groups in total. The molecule has 0 amide bonds. The average Bonchev–Trinajstić information content (AvgIpc) is 3.74. The second kappa shape index (κ2) is 15.9. The Morgan fingerprint density at radius 1 is 0.410 bits per heavy atom. The second-order valence-electron chi connectivity index (χ2n) is 15.3. The van der Waals surface area contributed by atoms with Crippen molar-refractivity contribution in [2.24, 2.45) is 0 Å². The number of aromatic nitrogens is 3. The molecule has 5 nitrogen and oxygen atoms in total. The van der Waals surface area contributed by atoms with Crippen molar-refractivity contribution < 1.29 is 0 Å². The van der Waals surface area contributed by atoms with Crippen LogP contribution < -0.4 is 10.6 Å². The first-order valence-corrected chi connectivity index (χ1v) is 21.4. The molecule has 1 aliphatic rings. The lowest BCUT2D eigenvalue weighted by atomic mass is 9.93. The van der Waals surface area contributed by atoms with E-state index in [0.29, 0.717) is 17.5 Å². The van der Waals surface area contributed by atoms with Crippen molar-refractivity contribution in [3.63, 3.8) is 0 Å². The summed E-state index contributed by atoms with van der Waals surface area (Å²) in [6, 6.07) is 72.6. The number of nitrogens with zero attached hydrogens (tertiary/aromatic N) is 3. The van der Waals surface area contributed by atoms with Gasteiger partial charge in [-0.1, -0.05) is 188 Å². The van der Waals surface area contributed by atoms with Gasteiger partial charge in [-0.05, 0) is 63.2 Å².